The van der Waals surface area contributed by atoms with Crippen LogP contribution in [0.4, 0.5) is 0 Å². The van der Waals surface area contributed by atoms with Crippen molar-refractivity contribution in [1.82, 2.24) is 10.3 Å². The maximum atomic E-state index is 12.2. The summed E-state index contributed by atoms with van der Waals surface area (Å²) in [7, 11) is 0. The van der Waals surface area contributed by atoms with Gasteiger partial charge in [-0.1, -0.05) is 6.92 Å². The summed E-state index contributed by atoms with van der Waals surface area (Å²) in [5, 5.41) is 3.12. The predicted octanol–water partition coefficient (Wildman–Crippen LogP) is 2.38. The number of hydrogen-bond acceptors (Lipinski definition) is 3. The Kier molecular flexibility index (Phi) is 4.91. The van der Waals surface area contributed by atoms with Gasteiger partial charge in [0.1, 0.15) is 0 Å². The lowest BCUT2D eigenvalue weighted by Gasteiger charge is -2.24. The summed E-state index contributed by atoms with van der Waals surface area (Å²) in [6.45, 7) is 5.49. The molecule has 2 rings (SSSR count). The van der Waals surface area contributed by atoms with Gasteiger partial charge in [-0.2, -0.15) is 0 Å². The van der Waals surface area contributed by atoms with Crippen LogP contribution in [0.3, 0.4) is 0 Å². The zero-order chi connectivity index (χ0) is 13.7. The van der Waals surface area contributed by atoms with Crippen molar-refractivity contribution in [2.24, 2.45) is 5.92 Å². The molecule has 1 atom stereocenters. The molecule has 0 saturated carbocycles. The second kappa shape index (κ2) is 6.66. The first-order chi connectivity index (χ1) is 9.20. The van der Waals surface area contributed by atoms with Crippen LogP contribution in [-0.4, -0.2) is 24.1 Å². The minimum atomic E-state index is 0.00949. The van der Waals surface area contributed by atoms with E-state index >= 15 is 0 Å². The number of pyridine rings is 1. The van der Waals surface area contributed by atoms with E-state index < -0.39 is 0 Å². The van der Waals surface area contributed by atoms with Gasteiger partial charge in [0.05, 0.1) is 11.7 Å². The summed E-state index contributed by atoms with van der Waals surface area (Å²) < 4.78 is 5.29. The molecular weight excluding hydrogens is 240 g/mol. The Bertz CT molecular complexity index is 428. The van der Waals surface area contributed by atoms with Crippen LogP contribution in [0.2, 0.25) is 0 Å². The Morgan fingerprint density at radius 1 is 1.53 bits per heavy atom. The summed E-state index contributed by atoms with van der Waals surface area (Å²) in [5.74, 6) is 0.228. The topological polar surface area (TPSA) is 51.2 Å². The lowest BCUT2D eigenvalue weighted by molar-refractivity contribution is -0.128. The van der Waals surface area contributed by atoms with Crippen LogP contribution in [0.15, 0.2) is 18.3 Å². The lowest BCUT2D eigenvalue weighted by atomic mass is 9.98. The zero-order valence-electron chi connectivity index (χ0n) is 11.7. The summed E-state index contributed by atoms with van der Waals surface area (Å²) in [5.41, 5.74) is 2.12. The van der Waals surface area contributed by atoms with E-state index in [1.807, 2.05) is 19.1 Å². The van der Waals surface area contributed by atoms with Crippen LogP contribution < -0.4 is 5.32 Å². The summed E-state index contributed by atoms with van der Waals surface area (Å²) >= 11 is 0. The highest BCUT2D eigenvalue weighted by atomic mass is 16.5. The fourth-order valence-corrected chi connectivity index (χ4v) is 2.38. The van der Waals surface area contributed by atoms with Gasteiger partial charge in [-0.15, -0.1) is 0 Å². The molecule has 4 heteroatoms. The third-order valence-corrected chi connectivity index (χ3v) is 3.61. The highest BCUT2D eigenvalue weighted by Crippen LogP contribution is 2.19. The zero-order valence-corrected chi connectivity index (χ0v) is 11.7. The molecule has 104 valence electrons. The van der Waals surface area contributed by atoms with E-state index in [4.69, 9.17) is 4.74 Å². The van der Waals surface area contributed by atoms with Crippen molar-refractivity contribution in [3.8, 4) is 0 Å². The summed E-state index contributed by atoms with van der Waals surface area (Å²) in [6.07, 6.45) is 4.30. The number of hydrogen-bond donors (Lipinski definition) is 1. The predicted molar refractivity (Wildman–Crippen MR) is 73.7 cm³/mol. The van der Waals surface area contributed by atoms with Crippen LogP contribution in [0, 0.1) is 12.8 Å². The molecule has 19 heavy (non-hydrogen) atoms. The average Bonchev–Trinajstić information content (AvgIpc) is 2.45. The second-order valence-electron chi connectivity index (χ2n) is 5.11. The molecular formula is C15H22N2O2. The van der Waals surface area contributed by atoms with Gasteiger partial charge in [-0.25, -0.2) is 0 Å². The van der Waals surface area contributed by atoms with Gasteiger partial charge in [-0.05, 0) is 43.9 Å². The van der Waals surface area contributed by atoms with Gasteiger partial charge >= 0.3 is 0 Å². The van der Waals surface area contributed by atoms with Crippen molar-refractivity contribution in [3.63, 3.8) is 0 Å². The molecule has 1 fully saturated rings. The molecule has 0 radical (unpaired) electrons. The van der Waals surface area contributed by atoms with Crippen molar-refractivity contribution in [2.75, 3.05) is 13.2 Å². The molecule has 0 spiro atoms. The van der Waals surface area contributed by atoms with Gasteiger partial charge < -0.3 is 10.1 Å². The van der Waals surface area contributed by atoms with Crippen LogP contribution in [0.1, 0.15) is 43.5 Å². The van der Waals surface area contributed by atoms with Crippen molar-refractivity contribution >= 4 is 5.91 Å². The van der Waals surface area contributed by atoms with Gasteiger partial charge in [-0.3, -0.25) is 9.78 Å². The molecule has 0 bridgehead atoms. The second-order valence-corrected chi connectivity index (χ2v) is 5.11. The molecule has 2 heterocycles. The van der Waals surface area contributed by atoms with Crippen molar-refractivity contribution < 1.29 is 9.53 Å². The fourth-order valence-electron chi connectivity index (χ4n) is 2.38. The quantitative estimate of drug-likeness (QED) is 0.906. The van der Waals surface area contributed by atoms with Crippen molar-refractivity contribution in [2.45, 2.75) is 39.2 Å². The number of carbonyl (C=O) groups excluding carboxylic acids is 1. The maximum Gasteiger partial charge on any atom is 0.223 e. The molecule has 1 aromatic heterocycles. The number of ether oxygens (including phenoxy) is 1. The highest BCUT2D eigenvalue weighted by Gasteiger charge is 2.24. The van der Waals surface area contributed by atoms with E-state index in [1.165, 1.54) is 5.56 Å². The first-order valence-corrected chi connectivity index (χ1v) is 7.01. The smallest absolute Gasteiger partial charge is 0.223 e. The van der Waals surface area contributed by atoms with E-state index in [-0.39, 0.29) is 17.9 Å². The van der Waals surface area contributed by atoms with Crippen molar-refractivity contribution in [1.29, 1.82) is 0 Å². The number of nitrogens with zero attached hydrogens (tertiary/aromatic N) is 1. The number of carbonyl (C=O) groups is 1. The average molecular weight is 262 g/mol. The Hall–Kier alpha value is -1.42. The van der Waals surface area contributed by atoms with Gasteiger partial charge in [0, 0.05) is 25.3 Å². The molecule has 1 aliphatic rings. The SMILES string of the molecule is CC[C@H](NC(=O)C1CCOCC1)c1cc(C)ccn1. The van der Waals surface area contributed by atoms with E-state index in [2.05, 4.69) is 17.2 Å². The Labute approximate surface area is 114 Å². The molecule has 1 aliphatic heterocycles. The molecule has 1 saturated heterocycles. The molecule has 4 nitrogen and oxygen atoms in total. The van der Waals surface area contributed by atoms with E-state index in [0.717, 1.165) is 25.0 Å². The van der Waals surface area contributed by atoms with Gasteiger partial charge in [0.25, 0.3) is 0 Å². The Morgan fingerprint density at radius 3 is 2.89 bits per heavy atom. The van der Waals surface area contributed by atoms with E-state index in [0.29, 0.717) is 13.2 Å². The van der Waals surface area contributed by atoms with Crippen LogP contribution in [0.25, 0.3) is 0 Å². The number of rotatable bonds is 4. The molecule has 1 N–H and O–H groups in total. The molecule has 0 aromatic carbocycles. The first kappa shape index (κ1) is 14.0. The number of aryl methyl sites for hydroxylation is 1. The highest BCUT2D eigenvalue weighted by molar-refractivity contribution is 5.79. The van der Waals surface area contributed by atoms with Crippen LogP contribution in [-0.2, 0) is 9.53 Å². The Morgan fingerprint density at radius 2 is 2.26 bits per heavy atom. The molecule has 0 unspecified atom stereocenters. The maximum absolute atomic E-state index is 12.2. The van der Waals surface area contributed by atoms with E-state index in [1.54, 1.807) is 6.20 Å². The van der Waals surface area contributed by atoms with Crippen LogP contribution >= 0.6 is 0 Å². The van der Waals surface area contributed by atoms with Crippen LogP contribution in [0.5, 0.6) is 0 Å². The standard InChI is InChI=1S/C15H22N2O2/c1-3-13(14-10-11(2)4-7-16-14)17-15(18)12-5-8-19-9-6-12/h4,7,10,12-13H,3,5-6,8-9H2,1-2H3,(H,17,18)/t13-/m0/s1. The lowest BCUT2D eigenvalue weighted by Crippen LogP contribution is -2.36. The minimum absolute atomic E-state index is 0.00949. The molecule has 1 amide bonds. The first-order valence-electron chi connectivity index (χ1n) is 7.01. The van der Waals surface area contributed by atoms with Gasteiger partial charge in [0.2, 0.25) is 5.91 Å². The fraction of sp³-hybridized carbons (Fsp3) is 0.600. The normalized spacial score (nSPS) is 18.0. The minimum Gasteiger partial charge on any atom is -0.381 e. The van der Waals surface area contributed by atoms with E-state index in [9.17, 15) is 4.79 Å². The number of aromatic nitrogens is 1. The number of nitrogens with one attached hydrogen (secondary N) is 1. The monoisotopic (exact) mass is 262 g/mol. The van der Waals surface area contributed by atoms with Crippen molar-refractivity contribution in [3.05, 3.63) is 29.6 Å². The van der Waals surface area contributed by atoms with Gasteiger partial charge in [0.15, 0.2) is 0 Å². The molecule has 1 aromatic rings. The Balaban J connectivity index is 2.00. The summed E-state index contributed by atoms with van der Waals surface area (Å²) in [4.78, 5) is 16.6. The third-order valence-electron chi connectivity index (χ3n) is 3.61. The third kappa shape index (κ3) is 3.77. The number of amides is 1. The molecule has 0 aliphatic carbocycles. The summed E-state index contributed by atoms with van der Waals surface area (Å²) in [6, 6.07) is 4.02. The largest absolute Gasteiger partial charge is 0.381 e.